The van der Waals surface area contributed by atoms with Gasteiger partial charge in [0.2, 0.25) is 0 Å². The van der Waals surface area contributed by atoms with Crippen molar-refractivity contribution in [1.82, 2.24) is 4.72 Å². The average Bonchev–Trinajstić information content (AvgIpc) is 2.33. The van der Waals surface area contributed by atoms with Gasteiger partial charge in [-0.15, -0.1) is 0 Å². The van der Waals surface area contributed by atoms with E-state index in [1.807, 2.05) is 20.8 Å². The SMILES string of the molecule is CCCN(c1cccc(N)c1)S(=O)(=O)NCC(C)C. The fraction of sp³-hybridized carbons (Fsp3) is 0.538. The largest absolute Gasteiger partial charge is 0.399 e. The molecule has 0 saturated heterocycles. The number of nitrogens with one attached hydrogen (secondary N) is 1. The molecule has 0 atom stereocenters. The maximum Gasteiger partial charge on any atom is 0.301 e. The first-order valence-corrected chi connectivity index (χ1v) is 7.93. The third-order valence-electron chi connectivity index (χ3n) is 2.55. The van der Waals surface area contributed by atoms with Gasteiger partial charge >= 0.3 is 10.2 Å². The fourth-order valence-corrected chi connectivity index (χ4v) is 3.13. The molecule has 0 amide bonds. The Morgan fingerprint density at radius 3 is 2.58 bits per heavy atom. The minimum atomic E-state index is -3.52. The van der Waals surface area contributed by atoms with Crippen LogP contribution in [0.25, 0.3) is 0 Å². The second-order valence-corrected chi connectivity index (χ2v) is 6.59. The molecule has 3 N–H and O–H groups in total. The highest BCUT2D eigenvalue weighted by Gasteiger charge is 2.21. The van der Waals surface area contributed by atoms with Gasteiger partial charge in [0, 0.05) is 18.8 Å². The van der Waals surface area contributed by atoms with E-state index in [0.717, 1.165) is 6.42 Å². The predicted molar refractivity (Wildman–Crippen MR) is 80.3 cm³/mol. The van der Waals surface area contributed by atoms with Crippen molar-refractivity contribution in [2.75, 3.05) is 23.1 Å². The Hall–Kier alpha value is -1.27. The minimum Gasteiger partial charge on any atom is -0.399 e. The van der Waals surface area contributed by atoms with E-state index in [2.05, 4.69) is 4.72 Å². The van der Waals surface area contributed by atoms with E-state index >= 15 is 0 Å². The van der Waals surface area contributed by atoms with Crippen LogP contribution in [0.1, 0.15) is 27.2 Å². The second kappa shape index (κ2) is 6.77. The van der Waals surface area contributed by atoms with Crippen LogP contribution in [0.4, 0.5) is 11.4 Å². The molecule has 6 heteroatoms. The molecule has 0 aromatic heterocycles. The van der Waals surface area contributed by atoms with Gasteiger partial charge in [-0.05, 0) is 30.5 Å². The summed E-state index contributed by atoms with van der Waals surface area (Å²) in [7, 11) is -3.52. The topological polar surface area (TPSA) is 75.4 Å². The summed E-state index contributed by atoms with van der Waals surface area (Å²) in [6, 6.07) is 6.91. The Kier molecular flexibility index (Phi) is 5.62. The number of hydrogen-bond acceptors (Lipinski definition) is 3. The number of hydrogen-bond donors (Lipinski definition) is 2. The monoisotopic (exact) mass is 285 g/mol. The van der Waals surface area contributed by atoms with Crippen LogP contribution in [-0.2, 0) is 10.2 Å². The number of anilines is 2. The Morgan fingerprint density at radius 2 is 2.05 bits per heavy atom. The van der Waals surface area contributed by atoms with E-state index in [1.54, 1.807) is 24.3 Å². The quantitative estimate of drug-likeness (QED) is 0.752. The highest BCUT2D eigenvalue weighted by molar-refractivity contribution is 7.90. The van der Waals surface area contributed by atoms with Crippen LogP contribution < -0.4 is 14.8 Å². The standard InChI is InChI=1S/C13H23N3O2S/c1-4-8-16(13-7-5-6-12(14)9-13)19(17,18)15-10-11(2)3/h5-7,9,11,15H,4,8,10,14H2,1-3H3. The summed E-state index contributed by atoms with van der Waals surface area (Å²) in [5.41, 5.74) is 6.86. The number of nitrogens with zero attached hydrogens (tertiary/aromatic N) is 1. The highest BCUT2D eigenvalue weighted by atomic mass is 32.2. The summed E-state index contributed by atoms with van der Waals surface area (Å²) in [6.45, 7) is 6.72. The van der Waals surface area contributed by atoms with Crippen molar-refractivity contribution in [3.05, 3.63) is 24.3 Å². The number of nitrogen functional groups attached to an aromatic ring is 1. The van der Waals surface area contributed by atoms with Crippen LogP contribution in [-0.4, -0.2) is 21.5 Å². The maximum absolute atomic E-state index is 12.3. The van der Waals surface area contributed by atoms with Gasteiger partial charge in [-0.3, -0.25) is 4.31 Å². The molecule has 0 heterocycles. The van der Waals surface area contributed by atoms with Gasteiger partial charge in [-0.2, -0.15) is 13.1 Å². The van der Waals surface area contributed by atoms with Crippen LogP contribution >= 0.6 is 0 Å². The Balaban J connectivity index is 2.99. The molecule has 0 aliphatic rings. The van der Waals surface area contributed by atoms with Crippen LogP contribution in [0.2, 0.25) is 0 Å². The summed E-state index contributed by atoms with van der Waals surface area (Å²) >= 11 is 0. The maximum atomic E-state index is 12.3. The van der Waals surface area contributed by atoms with Crippen molar-refractivity contribution in [1.29, 1.82) is 0 Å². The summed E-state index contributed by atoms with van der Waals surface area (Å²) in [5.74, 6) is 0.263. The zero-order valence-corrected chi connectivity index (χ0v) is 12.6. The lowest BCUT2D eigenvalue weighted by Gasteiger charge is -2.25. The normalized spacial score (nSPS) is 11.8. The van der Waals surface area contributed by atoms with Crippen molar-refractivity contribution in [3.63, 3.8) is 0 Å². The fourth-order valence-electron chi connectivity index (χ4n) is 1.62. The van der Waals surface area contributed by atoms with E-state index < -0.39 is 10.2 Å². The molecule has 1 aromatic carbocycles. The van der Waals surface area contributed by atoms with Gasteiger partial charge in [-0.1, -0.05) is 26.8 Å². The Labute approximate surface area is 116 Å². The van der Waals surface area contributed by atoms with Crippen molar-refractivity contribution in [2.45, 2.75) is 27.2 Å². The Bertz CT molecular complexity index is 500. The van der Waals surface area contributed by atoms with Gasteiger partial charge in [0.15, 0.2) is 0 Å². The van der Waals surface area contributed by atoms with Crippen LogP contribution in [0.3, 0.4) is 0 Å². The average molecular weight is 285 g/mol. The van der Waals surface area contributed by atoms with Crippen LogP contribution in [0.5, 0.6) is 0 Å². The molecule has 0 saturated carbocycles. The van der Waals surface area contributed by atoms with Gasteiger partial charge in [0.25, 0.3) is 0 Å². The van der Waals surface area contributed by atoms with E-state index in [9.17, 15) is 8.42 Å². The first-order valence-electron chi connectivity index (χ1n) is 6.49. The second-order valence-electron chi connectivity index (χ2n) is 4.91. The Morgan fingerprint density at radius 1 is 1.37 bits per heavy atom. The molecule has 0 aliphatic carbocycles. The number of nitrogens with two attached hydrogens (primary N) is 1. The summed E-state index contributed by atoms with van der Waals surface area (Å²) < 4.78 is 28.6. The molecule has 0 bridgehead atoms. The van der Waals surface area contributed by atoms with Gasteiger partial charge in [-0.25, -0.2) is 0 Å². The van der Waals surface area contributed by atoms with E-state index in [4.69, 9.17) is 5.73 Å². The molecular weight excluding hydrogens is 262 g/mol. The van der Waals surface area contributed by atoms with Crippen LogP contribution in [0, 0.1) is 5.92 Å². The lowest BCUT2D eigenvalue weighted by Crippen LogP contribution is -2.42. The highest BCUT2D eigenvalue weighted by Crippen LogP contribution is 2.20. The first kappa shape index (κ1) is 15.8. The van der Waals surface area contributed by atoms with Gasteiger partial charge in [0.1, 0.15) is 0 Å². The summed E-state index contributed by atoms with van der Waals surface area (Å²) in [4.78, 5) is 0. The zero-order valence-electron chi connectivity index (χ0n) is 11.8. The van der Waals surface area contributed by atoms with E-state index in [1.165, 1.54) is 4.31 Å². The van der Waals surface area contributed by atoms with Crippen molar-refractivity contribution >= 4 is 21.6 Å². The molecule has 108 valence electrons. The molecule has 0 fully saturated rings. The molecule has 0 unspecified atom stereocenters. The molecular formula is C13H23N3O2S. The van der Waals surface area contributed by atoms with Gasteiger partial charge < -0.3 is 5.73 Å². The van der Waals surface area contributed by atoms with Crippen LogP contribution in [0.15, 0.2) is 24.3 Å². The van der Waals surface area contributed by atoms with Crippen molar-refractivity contribution in [3.8, 4) is 0 Å². The lowest BCUT2D eigenvalue weighted by atomic mass is 10.2. The zero-order chi connectivity index (χ0) is 14.5. The molecule has 0 aliphatic heterocycles. The lowest BCUT2D eigenvalue weighted by molar-refractivity contribution is 0.555. The summed E-state index contributed by atoms with van der Waals surface area (Å²) in [5, 5.41) is 0. The van der Waals surface area contributed by atoms with E-state index in [-0.39, 0.29) is 5.92 Å². The van der Waals surface area contributed by atoms with Gasteiger partial charge in [0.05, 0.1) is 5.69 Å². The molecule has 0 spiro atoms. The molecule has 19 heavy (non-hydrogen) atoms. The predicted octanol–water partition coefficient (Wildman–Crippen LogP) is 1.98. The third kappa shape index (κ3) is 4.72. The first-order chi connectivity index (χ1) is 8.86. The van der Waals surface area contributed by atoms with E-state index in [0.29, 0.717) is 24.5 Å². The number of benzene rings is 1. The molecule has 1 rings (SSSR count). The third-order valence-corrected chi connectivity index (χ3v) is 4.05. The summed E-state index contributed by atoms with van der Waals surface area (Å²) in [6.07, 6.45) is 0.734. The van der Waals surface area contributed by atoms with Crippen molar-refractivity contribution in [2.24, 2.45) is 5.92 Å². The molecule has 5 nitrogen and oxygen atoms in total. The number of rotatable bonds is 7. The smallest absolute Gasteiger partial charge is 0.301 e. The van der Waals surface area contributed by atoms with Crippen molar-refractivity contribution < 1.29 is 8.42 Å². The molecule has 0 radical (unpaired) electrons. The molecule has 1 aromatic rings. The minimum absolute atomic E-state index is 0.263.